The van der Waals surface area contributed by atoms with E-state index in [-0.39, 0.29) is 5.91 Å². The highest BCUT2D eigenvalue weighted by atomic mass is 16.1. The fourth-order valence-corrected chi connectivity index (χ4v) is 1.58. The number of nitrogens with two attached hydrogens (primary N) is 1. The van der Waals surface area contributed by atoms with Crippen molar-refractivity contribution in [1.82, 2.24) is 9.97 Å². The van der Waals surface area contributed by atoms with Gasteiger partial charge in [0.05, 0.1) is 0 Å². The maximum absolute atomic E-state index is 10.7. The number of aromatic nitrogens is 2. The second-order valence-electron chi connectivity index (χ2n) is 3.79. The minimum atomic E-state index is -0.273. The maximum atomic E-state index is 10.7. The van der Waals surface area contributed by atoms with Crippen LogP contribution in [0.15, 0.2) is 43.0 Å². The summed E-state index contributed by atoms with van der Waals surface area (Å²) in [6, 6.07) is 7.97. The lowest BCUT2D eigenvalue weighted by Gasteiger charge is -2.02. The second-order valence-corrected chi connectivity index (χ2v) is 3.79. The van der Waals surface area contributed by atoms with Gasteiger partial charge < -0.3 is 5.73 Å². The van der Waals surface area contributed by atoms with E-state index in [1.807, 2.05) is 24.3 Å². The van der Waals surface area contributed by atoms with Crippen LogP contribution in [0.1, 0.15) is 12.0 Å². The van der Waals surface area contributed by atoms with Gasteiger partial charge in [-0.15, -0.1) is 0 Å². The second kappa shape index (κ2) is 5.21. The molecule has 0 saturated carbocycles. The molecule has 4 heteroatoms. The van der Waals surface area contributed by atoms with Crippen LogP contribution in [-0.2, 0) is 11.2 Å². The average molecular weight is 227 g/mol. The molecule has 0 atom stereocenters. The SMILES string of the molecule is NC(=O)CCc1ccc(-c2cncnc2)cc1. The zero-order chi connectivity index (χ0) is 12.1. The quantitative estimate of drug-likeness (QED) is 0.861. The Morgan fingerprint density at radius 2 is 1.71 bits per heavy atom. The Morgan fingerprint density at radius 1 is 1.06 bits per heavy atom. The number of carbonyl (C=O) groups excluding carboxylic acids is 1. The highest BCUT2D eigenvalue weighted by molar-refractivity contribution is 5.74. The number of hydrogen-bond acceptors (Lipinski definition) is 3. The van der Waals surface area contributed by atoms with Crippen molar-refractivity contribution in [3.05, 3.63) is 48.5 Å². The molecule has 1 amide bonds. The van der Waals surface area contributed by atoms with E-state index in [9.17, 15) is 4.79 Å². The van der Waals surface area contributed by atoms with Crippen molar-refractivity contribution in [3.63, 3.8) is 0 Å². The van der Waals surface area contributed by atoms with Gasteiger partial charge >= 0.3 is 0 Å². The highest BCUT2D eigenvalue weighted by Crippen LogP contribution is 2.17. The normalized spacial score (nSPS) is 10.1. The number of hydrogen-bond donors (Lipinski definition) is 1. The van der Waals surface area contributed by atoms with Crippen LogP contribution < -0.4 is 5.73 Å². The first-order chi connectivity index (χ1) is 8.25. The molecular formula is C13H13N3O. The molecule has 0 fully saturated rings. The van der Waals surface area contributed by atoms with Crippen LogP contribution >= 0.6 is 0 Å². The summed E-state index contributed by atoms with van der Waals surface area (Å²) in [5.74, 6) is -0.273. The molecule has 0 aliphatic heterocycles. The Labute approximate surface area is 99.5 Å². The highest BCUT2D eigenvalue weighted by Gasteiger charge is 2.00. The van der Waals surface area contributed by atoms with Gasteiger partial charge in [0.1, 0.15) is 6.33 Å². The predicted molar refractivity (Wildman–Crippen MR) is 65.0 cm³/mol. The Bertz CT molecular complexity index is 494. The number of primary amides is 1. The Kier molecular flexibility index (Phi) is 3.45. The minimum Gasteiger partial charge on any atom is -0.370 e. The fourth-order valence-electron chi connectivity index (χ4n) is 1.58. The molecular weight excluding hydrogens is 214 g/mol. The monoisotopic (exact) mass is 227 g/mol. The van der Waals surface area contributed by atoms with Crippen LogP contribution in [0.5, 0.6) is 0 Å². The van der Waals surface area contributed by atoms with Gasteiger partial charge in [0.2, 0.25) is 5.91 Å². The average Bonchev–Trinajstić information content (AvgIpc) is 2.38. The van der Waals surface area contributed by atoms with Crippen LogP contribution in [0.25, 0.3) is 11.1 Å². The number of amides is 1. The summed E-state index contributed by atoms with van der Waals surface area (Å²) < 4.78 is 0. The van der Waals surface area contributed by atoms with Crippen LogP contribution in [0.4, 0.5) is 0 Å². The van der Waals surface area contributed by atoms with Gasteiger partial charge in [0, 0.05) is 24.4 Å². The molecule has 2 rings (SSSR count). The maximum Gasteiger partial charge on any atom is 0.217 e. The molecule has 1 aromatic carbocycles. The van der Waals surface area contributed by atoms with Crippen molar-refractivity contribution in [3.8, 4) is 11.1 Å². The smallest absolute Gasteiger partial charge is 0.217 e. The Morgan fingerprint density at radius 3 is 2.29 bits per heavy atom. The van der Waals surface area contributed by atoms with Crippen molar-refractivity contribution in [2.24, 2.45) is 5.73 Å². The van der Waals surface area contributed by atoms with E-state index in [0.29, 0.717) is 12.8 Å². The number of aryl methyl sites for hydroxylation is 1. The van der Waals surface area contributed by atoms with Crippen molar-refractivity contribution in [1.29, 1.82) is 0 Å². The van der Waals surface area contributed by atoms with E-state index in [1.165, 1.54) is 6.33 Å². The van der Waals surface area contributed by atoms with E-state index in [0.717, 1.165) is 16.7 Å². The number of carbonyl (C=O) groups is 1. The number of rotatable bonds is 4. The van der Waals surface area contributed by atoms with E-state index < -0.39 is 0 Å². The fraction of sp³-hybridized carbons (Fsp3) is 0.154. The van der Waals surface area contributed by atoms with Crippen LogP contribution in [0.3, 0.4) is 0 Å². The van der Waals surface area contributed by atoms with Gasteiger partial charge in [-0.1, -0.05) is 24.3 Å². The van der Waals surface area contributed by atoms with Gasteiger partial charge in [-0.2, -0.15) is 0 Å². The predicted octanol–water partition coefficient (Wildman–Crippen LogP) is 1.56. The molecule has 0 spiro atoms. The topological polar surface area (TPSA) is 68.9 Å². The van der Waals surface area contributed by atoms with E-state index in [2.05, 4.69) is 9.97 Å². The largest absolute Gasteiger partial charge is 0.370 e. The van der Waals surface area contributed by atoms with Gasteiger partial charge in [0.15, 0.2) is 0 Å². The lowest BCUT2D eigenvalue weighted by molar-refractivity contribution is -0.117. The number of nitrogens with zero attached hydrogens (tertiary/aromatic N) is 2. The van der Waals surface area contributed by atoms with Crippen molar-refractivity contribution in [2.45, 2.75) is 12.8 Å². The van der Waals surface area contributed by atoms with Gasteiger partial charge in [-0.05, 0) is 17.5 Å². The molecule has 2 N–H and O–H groups in total. The van der Waals surface area contributed by atoms with E-state index in [4.69, 9.17) is 5.73 Å². The molecule has 1 aromatic heterocycles. The van der Waals surface area contributed by atoms with E-state index >= 15 is 0 Å². The molecule has 86 valence electrons. The molecule has 0 radical (unpaired) electrons. The Balaban J connectivity index is 2.11. The third-order valence-corrected chi connectivity index (χ3v) is 2.51. The molecule has 0 bridgehead atoms. The summed E-state index contributed by atoms with van der Waals surface area (Å²) in [6.45, 7) is 0. The lowest BCUT2D eigenvalue weighted by Crippen LogP contribution is -2.11. The molecule has 17 heavy (non-hydrogen) atoms. The molecule has 4 nitrogen and oxygen atoms in total. The van der Waals surface area contributed by atoms with Crippen LogP contribution in [0.2, 0.25) is 0 Å². The summed E-state index contributed by atoms with van der Waals surface area (Å²) in [4.78, 5) is 18.6. The van der Waals surface area contributed by atoms with Crippen molar-refractivity contribution in [2.75, 3.05) is 0 Å². The summed E-state index contributed by atoms with van der Waals surface area (Å²) in [6.07, 6.45) is 6.11. The third kappa shape index (κ3) is 3.11. The summed E-state index contributed by atoms with van der Waals surface area (Å²) in [7, 11) is 0. The van der Waals surface area contributed by atoms with Gasteiger partial charge in [0.25, 0.3) is 0 Å². The molecule has 2 aromatic rings. The van der Waals surface area contributed by atoms with Gasteiger partial charge in [-0.25, -0.2) is 9.97 Å². The first kappa shape index (κ1) is 11.3. The number of benzene rings is 1. The Hall–Kier alpha value is -2.23. The van der Waals surface area contributed by atoms with Crippen molar-refractivity contribution < 1.29 is 4.79 Å². The molecule has 1 heterocycles. The first-order valence-corrected chi connectivity index (χ1v) is 5.38. The van der Waals surface area contributed by atoms with Gasteiger partial charge in [-0.3, -0.25) is 4.79 Å². The summed E-state index contributed by atoms with van der Waals surface area (Å²) >= 11 is 0. The molecule has 0 unspecified atom stereocenters. The van der Waals surface area contributed by atoms with Crippen molar-refractivity contribution >= 4 is 5.91 Å². The summed E-state index contributed by atoms with van der Waals surface area (Å²) in [5.41, 5.74) is 8.25. The molecule has 0 aliphatic rings. The lowest BCUT2D eigenvalue weighted by atomic mass is 10.0. The van der Waals surface area contributed by atoms with E-state index in [1.54, 1.807) is 12.4 Å². The standard InChI is InChI=1S/C13H13N3O/c14-13(17)6-3-10-1-4-11(5-2-10)12-7-15-9-16-8-12/h1-2,4-5,7-9H,3,6H2,(H2,14,17). The zero-order valence-corrected chi connectivity index (χ0v) is 9.34. The minimum absolute atomic E-state index is 0.273. The van der Waals surface area contributed by atoms with Crippen LogP contribution in [0, 0.1) is 0 Å². The molecule has 0 saturated heterocycles. The summed E-state index contributed by atoms with van der Waals surface area (Å²) in [5, 5.41) is 0. The third-order valence-electron chi connectivity index (χ3n) is 2.51. The molecule has 0 aliphatic carbocycles. The van der Waals surface area contributed by atoms with Crippen LogP contribution in [-0.4, -0.2) is 15.9 Å². The zero-order valence-electron chi connectivity index (χ0n) is 9.34. The first-order valence-electron chi connectivity index (χ1n) is 5.38.